The van der Waals surface area contributed by atoms with E-state index >= 15 is 0 Å². The summed E-state index contributed by atoms with van der Waals surface area (Å²) in [6.07, 6.45) is -0.603. The van der Waals surface area contributed by atoms with E-state index in [4.69, 9.17) is 30.7 Å². The molecule has 0 aliphatic heterocycles. The molecule has 1 heterocycles. The Labute approximate surface area is 155 Å². The van der Waals surface area contributed by atoms with E-state index in [-0.39, 0.29) is 17.3 Å². The average molecular weight is 383 g/mol. The van der Waals surface area contributed by atoms with Gasteiger partial charge in [-0.05, 0) is 45.9 Å². The average Bonchev–Trinajstić information content (AvgIpc) is 2.85. The summed E-state index contributed by atoms with van der Waals surface area (Å²) in [5.74, 6) is -0.538. The van der Waals surface area contributed by atoms with E-state index < -0.39 is 17.7 Å². The number of carbonyl (C=O) groups is 2. The number of nitrogens with zero attached hydrogens (tertiary/aromatic N) is 1. The maximum absolute atomic E-state index is 11.8. The van der Waals surface area contributed by atoms with Crippen molar-refractivity contribution in [1.29, 1.82) is 0 Å². The fraction of sp³-hybridized carbons (Fsp3) is 0.353. The lowest BCUT2D eigenvalue weighted by atomic mass is 10.2. The molecular formula is C17H19ClN2O6. The summed E-state index contributed by atoms with van der Waals surface area (Å²) in [5.41, 5.74) is -0.0646. The second kappa shape index (κ2) is 7.65. The van der Waals surface area contributed by atoms with Gasteiger partial charge < -0.3 is 19.1 Å². The molecule has 2 aromatic rings. The molecule has 1 aromatic carbocycles. The number of aromatic nitrogens is 1. The van der Waals surface area contributed by atoms with Crippen molar-refractivity contribution in [3.05, 3.63) is 40.2 Å². The number of rotatable bonds is 5. The minimum Gasteiger partial charge on any atom is -0.487 e. The number of anilines is 1. The summed E-state index contributed by atoms with van der Waals surface area (Å²) in [5, 5.41) is 15.4. The van der Waals surface area contributed by atoms with Crippen LogP contribution >= 0.6 is 11.6 Å². The van der Waals surface area contributed by atoms with Gasteiger partial charge in [-0.3, -0.25) is 5.32 Å². The molecule has 0 radical (unpaired) electrons. The topological polar surface area (TPSA) is 111 Å². The highest BCUT2D eigenvalue weighted by molar-refractivity contribution is 6.32. The molecule has 0 unspecified atom stereocenters. The minimum absolute atomic E-state index is 0.0739. The molecular weight excluding hydrogens is 364 g/mol. The molecule has 0 spiro atoms. The van der Waals surface area contributed by atoms with Gasteiger partial charge in [0, 0.05) is 5.69 Å². The molecule has 26 heavy (non-hydrogen) atoms. The molecule has 0 aliphatic rings. The van der Waals surface area contributed by atoms with Gasteiger partial charge >= 0.3 is 12.1 Å². The number of nitrogens with one attached hydrogen (secondary N) is 1. The first-order chi connectivity index (χ1) is 12.1. The highest BCUT2D eigenvalue weighted by Crippen LogP contribution is 2.29. The van der Waals surface area contributed by atoms with Crippen molar-refractivity contribution >= 4 is 29.4 Å². The third-order valence-electron chi connectivity index (χ3n) is 3.14. The van der Waals surface area contributed by atoms with Crippen molar-refractivity contribution in [2.24, 2.45) is 0 Å². The van der Waals surface area contributed by atoms with Crippen LogP contribution in [0, 0.1) is 6.92 Å². The monoisotopic (exact) mass is 382 g/mol. The molecule has 0 aliphatic carbocycles. The molecule has 1 aromatic heterocycles. The van der Waals surface area contributed by atoms with Crippen LogP contribution in [0.2, 0.25) is 5.02 Å². The van der Waals surface area contributed by atoms with E-state index in [1.165, 1.54) is 6.07 Å². The van der Waals surface area contributed by atoms with Gasteiger partial charge in [-0.1, -0.05) is 16.8 Å². The van der Waals surface area contributed by atoms with Crippen LogP contribution in [-0.4, -0.2) is 27.9 Å². The molecule has 0 atom stereocenters. The Morgan fingerprint density at radius 3 is 2.62 bits per heavy atom. The van der Waals surface area contributed by atoms with E-state index in [0.717, 1.165) is 0 Å². The van der Waals surface area contributed by atoms with Gasteiger partial charge in [-0.15, -0.1) is 0 Å². The normalized spacial score (nSPS) is 11.1. The van der Waals surface area contributed by atoms with Gasteiger partial charge in [0.15, 0.2) is 5.69 Å². The van der Waals surface area contributed by atoms with Crippen LogP contribution in [0.25, 0.3) is 0 Å². The molecule has 2 rings (SSSR count). The van der Waals surface area contributed by atoms with Gasteiger partial charge in [-0.25, -0.2) is 9.59 Å². The third kappa shape index (κ3) is 5.13. The van der Waals surface area contributed by atoms with Gasteiger partial charge in [0.05, 0.1) is 10.6 Å². The van der Waals surface area contributed by atoms with E-state index in [1.807, 2.05) is 0 Å². The summed E-state index contributed by atoms with van der Waals surface area (Å²) in [6.45, 7) is 6.79. The predicted octanol–water partition coefficient (Wildman–Crippen LogP) is 4.26. The smallest absolute Gasteiger partial charge is 0.412 e. The second-order valence-electron chi connectivity index (χ2n) is 6.43. The fourth-order valence-electron chi connectivity index (χ4n) is 2.00. The Morgan fingerprint density at radius 1 is 1.35 bits per heavy atom. The Hall–Kier alpha value is -2.74. The van der Waals surface area contributed by atoms with Crippen molar-refractivity contribution < 1.29 is 28.7 Å². The lowest BCUT2D eigenvalue weighted by Crippen LogP contribution is -2.27. The Morgan fingerprint density at radius 2 is 2.04 bits per heavy atom. The Bertz CT molecular complexity index is 825. The summed E-state index contributed by atoms with van der Waals surface area (Å²) in [7, 11) is 0. The molecule has 0 fully saturated rings. The number of ether oxygens (including phenoxy) is 2. The minimum atomic E-state index is -1.21. The number of carbonyl (C=O) groups excluding carboxylic acids is 1. The fourth-order valence-corrected chi connectivity index (χ4v) is 2.23. The Balaban J connectivity index is 2.05. The largest absolute Gasteiger partial charge is 0.487 e. The first-order valence-corrected chi connectivity index (χ1v) is 8.05. The second-order valence-corrected chi connectivity index (χ2v) is 6.84. The van der Waals surface area contributed by atoms with Crippen LogP contribution in [0.1, 0.15) is 42.6 Å². The van der Waals surface area contributed by atoms with Gasteiger partial charge in [-0.2, -0.15) is 0 Å². The zero-order valence-corrected chi connectivity index (χ0v) is 15.5. The number of amides is 1. The van der Waals surface area contributed by atoms with Crippen molar-refractivity contribution in [3.63, 3.8) is 0 Å². The number of hydrogen-bond acceptors (Lipinski definition) is 6. The number of benzene rings is 1. The van der Waals surface area contributed by atoms with Gasteiger partial charge in [0.2, 0.25) is 0 Å². The maximum Gasteiger partial charge on any atom is 0.412 e. The summed E-state index contributed by atoms with van der Waals surface area (Å²) < 4.78 is 15.6. The lowest BCUT2D eigenvalue weighted by molar-refractivity contribution is 0.0633. The maximum atomic E-state index is 11.8. The van der Waals surface area contributed by atoms with Crippen molar-refractivity contribution in [3.8, 4) is 5.75 Å². The molecule has 2 N–H and O–H groups in total. The Kier molecular flexibility index (Phi) is 5.76. The number of aromatic carboxylic acids is 1. The standard InChI is InChI=1S/C17H19ClN2O6/c1-9-11(14(15(21)22)20-26-9)8-24-13-6-5-10(7-12(13)18)19-16(23)25-17(2,3)4/h5-7H,8H2,1-4H3,(H,19,23)(H,21,22). The number of hydrogen-bond donors (Lipinski definition) is 2. The number of halogens is 1. The molecule has 9 heteroatoms. The van der Waals surface area contributed by atoms with Crippen molar-refractivity contribution in [1.82, 2.24) is 5.16 Å². The highest BCUT2D eigenvalue weighted by Gasteiger charge is 2.20. The molecule has 0 saturated carbocycles. The summed E-state index contributed by atoms with van der Waals surface area (Å²) in [6, 6.07) is 4.64. The van der Waals surface area contributed by atoms with Crippen LogP contribution in [-0.2, 0) is 11.3 Å². The first kappa shape index (κ1) is 19.6. The molecule has 1 amide bonds. The lowest BCUT2D eigenvalue weighted by Gasteiger charge is -2.19. The summed E-state index contributed by atoms with van der Waals surface area (Å²) >= 11 is 6.16. The van der Waals surface area contributed by atoms with E-state index in [9.17, 15) is 9.59 Å². The molecule has 140 valence electrons. The van der Waals surface area contributed by atoms with Gasteiger partial charge in [0.1, 0.15) is 23.7 Å². The number of carboxylic acid groups (broad SMARTS) is 1. The zero-order valence-electron chi connectivity index (χ0n) is 14.8. The molecule has 0 bridgehead atoms. The number of aryl methyl sites for hydroxylation is 1. The third-order valence-corrected chi connectivity index (χ3v) is 3.43. The van der Waals surface area contributed by atoms with Crippen LogP contribution in [0.5, 0.6) is 5.75 Å². The number of carboxylic acids is 1. The van der Waals surface area contributed by atoms with E-state index in [1.54, 1.807) is 39.8 Å². The molecule has 0 saturated heterocycles. The SMILES string of the molecule is Cc1onc(C(=O)O)c1COc1ccc(NC(=O)OC(C)(C)C)cc1Cl. The van der Waals surface area contributed by atoms with Crippen molar-refractivity contribution in [2.75, 3.05) is 5.32 Å². The summed E-state index contributed by atoms with van der Waals surface area (Å²) in [4.78, 5) is 22.9. The van der Waals surface area contributed by atoms with Gasteiger partial charge in [0.25, 0.3) is 0 Å². The van der Waals surface area contributed by atoms with Crippen LogP contribution in [0.3, 0.4) is 0 Å². The predicted molar refractivity (Wildman–Crippen MR) is 93.8 cm³/mol. The van der Waals surface area contributed by atoms with Crippen LogP contribution < -0.4 is 10.1 Å². The zero-order chi connectivity index (χ0) is 19.5. The van der Waals surface area contributed by atoms with E-state index in [2.05, 4.69) is 10.5 Å². The molecule has 8 nitrogen and oxygen atoms in total. The quantitative estimate of drug-likeness (QED) is 0.794. The van der Waals surface area contributed by atoms with Crippen molar-refractivity contribution in [2.45, 2.75) is 39.9 Å². The van der Waals surface area contributed by atoms with Crippen LogP contribution in [0.15, 0.2) is 22.7 Å². The van der Waals surface area contributed by atoms with Crippen LogP contribution in [0.4, 0.5) is 10.5 Å². The first-order valence-electron chi connectivity index (χ1n) is 7.67. The van der Waals surface area contributed by atoms with E-state index in [0.29, 0.717) is 22.8 Å². The highest BCUT2D eigenvalue weighted by atomic mass is 35.5.